The maximum absolute atomic E-state index is 12.7. The van der Waals surface area contributed by atoms with Crippen LogP contribution in [0.25, 0.3) is 0 Å². The average molecular weight is 339 g/mol. The van der Waals surface area contributed by atoms with Crippen molar-refractivity contribution in [2.24, 2.45) is 5.16 Å². The van der Waals surface area contributed by atoms with Crippen LogP contribution in [0.1, 0.15) is 25.3 Å². The predicted molar refractivity (Wildman–Crippen MR) is 76.3 cm³/mol. The highest BCUT2D eigenvalue weighted by Crippen LogP contribution is 2.34. The standard InChI is InChI=1S/C13H14ClF3N2O3/c1-3-4-11(14)19-22-12(20)18-9-7-8(13(15,16)17)5-6-10(9)21-2/h5-7H,3-4H2,1-2H3,(H,18,20)/b19-11-. The van der Waals surface area contributed by atoms with Crippen LogP contribution in [0.4, 0.5) is 23.7 Å². The summed E-state index contributed by atoms with van der Waals surface area (Å²) in [5.41, 5.74) is -1.12. The molecule has 1 aromatic rings. The minimum absolute atomic E-state index is 0.0496. The summed E-state index contributed by atoms with van der Waals surface area (Å²) in [6, 6.07) is 2.66. The first-order valence-corrected chi connectivity index (χ1v) is 6.61. The van der Waals surface area contributed by atoms with E-state index in [1.807, 2.05) is 6.92 Å². The van der Waals surface area contributed by atoms with Crippen molar-refractivity contribution in [2.75, 3.05) is 12.4 Å². The van der Waals surface area contributed by atoms with Gasteiger partial charge in [-0.3, -0.25) is 10.2 Å². The summed E-state index contributed by atoms with van der Waals surface area (Å²) >= 11 is 5.64. The van der Waals surface area contributed by atoms with Crippen LogP contribution in [0.2, 0.25) is 0 Å². The summed E-state index contributed by atoms with van der Waals surface area (Å²) in [6.07, 6.45) is -4.50. The van der Waals surface area contributed by atoms with E-state index in [4.69, 9.17) is 16.3 Å². The number of ether oxygens (including phenoxy) is 1. The summed E-state index contributed by atoms with van der Waals surface area (Å²) in [5.74, 6) is 0.0496. The Kier molecular flexibility index (Phi) is 6.48. The molecule has 0 radical (unpaired) electrons. The van der Waals surface area contributed by atoms with Crippen molar-refractivity contribution in [3.8, 4) is 5.75 Å². The SMILES string of the molecule is CCC/C(Cl)=N/OC(=O)Nc1cc(C(F)(F)F)ccc1OC. The fourth-order valence-electron chi connectivity index (χ4n) is 1.46. The first-order chi connectivity index (χ1) is 10.3. The van der Waals surface area contributed by atoms with Gasteiger partial charge in [0.05, 0.1) is 18.4 Å². The minimum atomic E-state index is -4.55. The van der Waals surface area contributed by atoms with Gasteiger partial charge < -0.3 is 4.74 Å². The third kappa shape index (κ3) is 5.44. The van der Waals surface area contributed by atoms with Gasteiger partial charge in [-0.05, 0) is 24.6 Å². The molecule has 0 aliphatic heterocycles. The molecule has 1 aromatic carbocycles. The zero-order valence-corrected chi connectivity index (χ0v) is 12.6. The molecule has 5 nitrogen and oxygen atoms in total. The molecule has 0 bridgehead atoms. The number of benzene rings is 1. The monoisotopic (exact) mass is 338 g/mol. The first-order valence-electron chi connectivity index (χ1n) is 6.23. The number of rotatable bonds is 5. The number of alkyl halides is 3. The van der Waals surface area contributed by atoms with Crippen molar-refractivity contribution < 1.29 is 27.5 Å². The Bertz CT molecular complexity index is 562. The molecule has 0 fully saturated rings. The van der Waals surface area contributed by atoms with Gasteiger partial charge in [0.2, 0.25) is 0 Å². The van der Waals surface area contributed by atoms with Crippen LogP contribution in [-0.2, 0) is 11.0 Å². The lowest BCUT2D eigenvalue weighted by Gasteiger charge is -2.12. The lowest BCUT2D eigenvalue weighted by molar-refractivity contribution is -0.137. The lowest BCUT2D eigenvalue weighted by Crippen LogP contribution is -2.14. The van der Waals surface area contributed by atoms with Gasteiger partial charge in [0.15, 0.2) is 0 Å². The third-order valence-electron chi connectivity index (χ3n) is 2.45. The third-order valence-corrected chi connectivity index (χ3v) is 2.71. The molecule has 0 aromatic heterocycles. The number of hydrogen-bond donors (Lipinski definition) is 1. The van der Waals surface area contributed by atoms with Crippen molar-refractivity contribution in [2.45, 2.75) is 25.9 Å². The van der Waals surface area contributed by atoms with E-state index in [-0.39, 0.29) is 16.6 Å². The number of hydrogen-bond acceptors (Lipinski definition) is 4. The van der Waals surface area contributed by atoms with Crippen LogP contribution in [0.15, 0.2) is 23.4 Å². The van der Waals surface area contributed by atoms with Crippen LogP contribution in [-0.4, -0.2) is 18.4 Å². The number of anilines is 1. The van der Waals surface area contributed by atoms with Gasteiger partial charge >= 0.3 is 12.3 Å². The molecule has 0 saturated carbocycles. The second-order valence-corrected chi connectivity index (χ2v) is 4.57. The molecule has 22 heavy (non-hydrogen) atoms. The molecule has 1 amide bonds. The molecular formula is C13H14ClF3N2O3. The number of carbonyl (C=O) groups excluding carboxylic acids is 1. The number of methoxy groups -OCH3 is 1. The van der Waals surface area contributed by atoms with E-state index in [2.05, 4.69) is 15.3 Å². The topological polar surface area (TPSA) is 59.9 Å². The lowest BCUT2D eigenvalue weighted by atomic mass is 10.2. The van der Waals surface area contributed by atoms with E-state index in [1.165, 1.54) is 7.11 Å². The van der Waals surface area contributed by atoms with Crippen molar-refractivity contribution in [3.05, 3.63) is 23.8 Å². The second-order valence-electron chi connectivity index (χ2n) is 4.13. The molecule has 0 atom stereocenters. The Labute approximate surface area is 130 Å². The highest BCUT2D eigenvalue weighted by Gasteiger charge is 2.31. The number of carbonyl (C=O) groups is 1. The Morgan fingerprint density at radius 3 is 2.64 bits per heavy atom. The van der Waals surface area contributed by atoms with E-state index in [9.17, 15) is 18.0 Å². The fraction of sp³-hybridized carbons (Fsp3) is 0.385. The number of nitrogens with one attached hydrogen (secondary N) is 1. The van der Waals surface area contributed by atoms with E-state index in [1.54, 1.807) is 0 Å². The van der Waals surface area contributed by atoms with Gasteiger partial charge in [0, 0.05) is 6.42 Å². The minimum Gasteiger partial charge on any atom is -0.495 e. The Balaban J connectivity index is 2.87. The van der Waals surface area contributed by atoms with Crippen LogP contribution in [0.3, 0.4) is 0 Å². The highest BCUT2D eigenvalue weighted by molar-refractivity contribution is 6.65. The quantitative estimate of drug-likeness (QED) is 0.484. The molecule has 0 aliphatic carbocycles. The van der Waals surface area contributed by atoms with Gasteiger partial charge in [0.1, 0.15) is 10.9 Å². The van der Waals surface area contributed by atoms with Gasteiger partial charge in [-0.1, -0.05) is 23.7 Å². The largest absolute Gasteiger partial charge is 0.495 e. The molecule has 1 N–H and O–H groups in total. The zero-order chi connectivity index (χ0) is 16.8. The summed E-state index contributed by atoms with van der Waals surface area (Å²) < 4.78 is 42.8. The average Bonchev–Trinajstić information content (AvgIpc) is 2.44. The van der Waals surface area contributed by atoms with Gasteiger partial charge in [-0.2, -0.15) is 13.2 Å². The van der Waals surface area contributed by atoms with E-state index in [0.29, 0.717) is 12.8 Å². The number of amides is 1. The van der Waals surface area contributed by atoms with Crippen LogP contribution in [0.5, 0.6) is 5.75 Å². The molecule has 0 unspecified atom stereocenters. The first kappa shape index (κ1) is 18.1. The van der Waals surface area contributed by atoms with Crippen molar-refractivity contribution in [1.82, 2.24) is 0 Å². The number of oxime groups is 1. The van der Waals surface area contributed by atoms with Crippen molar-refractivity contribution >= 4 is 28.6 Å². The molecule has 122 valence electrons. The summed E-state index contributed by atoms with van der Waals surface area (Å²) in [4.78, 5) is 16.0. The van der Waals surface area contributed by atoms with Crippen LogP contribution >= 0.6 is 11.6 Å². The highest BCUT2D eigenvalue weighted by atomic mass is 35.5. The summed E-state index contributed by atoms with van der Waals surface area (Å²) in [6.45, 7) is 1.85. The van der Waals surface area contributed by atoms with Gasteiger partial charge in [-0.15, -0.1) is 0 Å². The number of nitrogens with zero attached hydrogens (tertiary/aromatic N) is 1. The normalized spacial score (nSPS) is 12.0. The fourth-order valence-corrected chi connectivity index (χ4v) is 1.68. The van der Waals surface area contributed by atoms with E-state index in [0.717, 1.165) is 18.2 Å². The maximum atomic E-state index is 12.7. The molecule has 9 heteroatoms. The van der Waals surface area contributed by atoms with E-state index < -0.39 is 17.8 Å². The van der Waals surface area contributed by atoms with Crippen molar-refractivity contribution in [1.29, 1.82) is 0 Å². The smallest absolute Gasteiger partial charge is 0.437 e. The summed E-state index contributed by atoms with van der Waals surface area (Å²) in [7, 11) is 1.26. The predicted octanol–water partition coefficient (Wildman–Crippen LogP) is 4.61. The van der Waals surface area contributed by atoms with Crippen LogP contribution in [0, 0.1) is 0 Å². The second kappa shape index (κ2) is 7.88. The molecule has 0 spiro atoms. The number of halogens is 4. The van der Waals surface area contributed by atoms with Gasteiger partial charge in [0.25, 0.3) is 0 Å². The van der Waals surface area contributed by atoms with E-state index >= 15 is 0 Å². The zero-order valence-electron chi connectivity index (χ0n) is 11.8. The molecule has 0 saturated heterocycles. The van der Waals surface area contributed by atoms with Crippen LogP contribution < -0.4 is 10.1 Å². The van der Waals surface area contributed by atoms with Crippen molar-refractivity contribution in [3.63, 3.8) is 0 Å². The van der Waals surface area contributed by atoms with Gasteiger partial charge in [-0.25, -0.2) is 4.79 Å². The molecular weight excluding hydrogens is 325 g/mol. The Morgan fingerprint density at radius 1 is 1.41 bits per heavy atom. The molecule has 1 rings (SSSR count). The Hall–Kier alpha value is -1.96. The maximum Gasteiger partial charge on any atom is 0.437 e. The summed E-state index contributed by atoms with van der Waals surface area (Å²) in [5, 5.41) is 5.54. The molecule has 0 heterocycles. The Morgan fingerprint density at radius 2 is 2.09 bits per heavy atom. The molecule has 0 aliphatic rings.